The highest BCUT2D eigenvalue weighted by atomic mass is 14.4. The largest absolute Gasteiger partial charge is 0.0992 e. The standard InChI is InChI=1S/C11H22B2/c1-11(12,13)10-7-3-5-8-4-2-6-9(8)10/h8-10H,2-7,12-13H2,1H3. The molecule has 2 rings (SSSR count). The lowest BCUT2D eigenvalue weighted by atomic mass is 9.44. The maximum atomic E-state index is 2.44. The molecule has 2 saturated carbocycles. The molecule has 0 aromatic heterocycles. The lowest BCUT2D eigenvalue weighted by Gasteiger charge is -2.42. The van der Waals surface area contributed by atoms with Crippen LogP contribution in [0.5, 0.6) is 0 Å². The van der Waals surface area contributed by atoms with Crippen LogP contribution in [0.1, 0.15) is 45.4 Å². The maximum Gasteiger partial charge on any atom is 0.0992 e. The van der Waals surface area contributed by atoms with Gasteiger partial charge in [0.1, 0.15) is 0 Å². The van der Waals surface area contributed by atoms with E-state index in [2.05, 4.69) is 22.6 Å². The summed E-state index contributed by atoms with van der Waals surface area (Å²) in [5, 5.41) is 0.563. The van der Waals surface area contributed by atoms with Gasteiger partial charge in [-0.2, -0.15) is 0 Å². The van der Waals surface area contributed by atoms with Gasteiger partial charge in [0, 0.05) is 0 Å². The van der Waals surface area contributed by atoms with Crippen LogP contribution in [0.2, 0.25) is 5.21 Å². The highest BCUT2D eigenvalue weighted by Crippen LogP contribution is 2.51. The SMILES string of the molecule is BC(B)(C)C1CCCC2CCCC21. The van der Waals surface area contributed by atoms with Crippen LogP contribution in [0.15, 0.2) is 0 Å². The molecular formula is C11H22B2. The molecule has 0 aromatic rings. The van der Waals surface area contributed by atoms with Crippen molar-refractivity contribution in [3.8, 4) is 0 Å². The molecule has 0 aromatic carbocycles. The number of rotatable bonds is 1. The van der Waals surface area contributed by atoms with E-state index in [1.165, 1.54) is 38.5 Å². The lowest BCUT2D eigenvalue weighted by Crippen LogP contribution is -2.33. The van der Waals surface area contributed by atoms with Gasteiger partial charge in [-0.1, -0.05) is 44.2 Å². The van der Waals surface area contributed by atoms with Gasteiger partial charge in [0.25, 0.3) is 0 Å². The van der Waals surface area contributed by atoms with Crippen molar-refractivity contribution in [3.05, 3.63) is 0 Å². The average molecular weight is 176 g/mol. The van der Waals surface area contributed by atoms with Crippen molar-refractivity contribution in [1.29, 1.82) is 0 Å². The Morgan fingerprint density at radius 3 is 2.23 bits per heavy atom. The normalized spacial score (nSPS) is 40.2. The zero-order valence-corrected chi connectivity index (χ0v) is 9.47. The highest BCUT2D eigenvalue weighted by Gasteiger charge is 2.40. The Balaban J connectivity index is 2.10. The molecule has 13 heavy (non-hydrogen) atoms. The summed E-state index contributed by atoms with van der Waals surface area (Å²) in [4.78, 5) is 0. The summed E-state index contributed by atoms with van der Waals surface area (Å²) in [6.07, 6.45) is 9.14. The van der Waals surface area contributed by atoms with Crippen molar-refractivity contribution < 1.29 is 0 Å². The van der Waals surface area contributed by atoms with Gasteiger partial charge in [-0.05, 0) is 24.2 Å². The summed E-state index contributed by atoms with van der Waals surface area (Å²) in [5.74, 6) is 3.22. The molecule has 2 aliphatic rings. The zero-order chi connectivity index (χ0) is 9.47. The predicted octanol–water partition coefficient (Wildman–Crippen LogP) is 1.61. The van der Waals surface area contributed by atoms with E-state index in [4.69, 9.17) is 0 Å². The third-order valence-electron chi connectivity index (χ3n) is 4.44. The summed E-state index contributed by atoms with van der Waals surface area (Å²) in [5.41, 5.74) is 0. The fourth-order valence-corrected chi connectivity index (χ4v) is 3.84. The molecule has 0 amide bonds. The van der Waals surface area contributed by atoms with Crippen LogP contribution >= 0.6 is 0 Å². The first-order chi connectivity index (χ1) is 6.09. The third kappa shape index (κ3) is 1.82. The van der Waals surface area contributed by atoms with E-state index < -0.39 is 0 Å². The molecule has 0 saturated heterocycles. The first-order valence-electron chi connectivity index (χ1n) is 6.09. The molecule has 72 valence electrons. The van der Waals surface area contributed by atoms with Crippen LogP contribution in [0.3, 0.4) is 0 Å². The monoisotopic (exact) mass is 176 g/mol. The van der Waals surface area contributed by atoms with Crippen LogP contribution in [0.25, 0.3) is 0 Å². The second-order valence-corrected chi connectivity index (χ2v) is 6.26. The first-order valence-corrected chi connectivity index (χ1v) is 6.09. The fraction of sp³-hybridized carbons (Fsp3) is 1.00. The van der Waals surface area contributed by atoms with Crippen molar-refractivity contribution in [3.63, 3.8) is 0 Å². The number of fused-ring (bicyclic) bond motifs is 1. The van der Waals surface area contributed by atoms with Crippen molar-refractivity contribution in [2.24, 2.45) is 17.8 Å². The number of hydrogen-bond donors (Lipinski definition) is 0. The van der Waals surface area contributed by atoms with Gasteiger partial charge in [-0.3, -0.25) is 0 Å². The first kappa shape index (κ1) is 9.68. The minimum atomic E-state index is 0.563. The van der Waals surface area contributed by atoms with E-state index in [0.717, 1.165) is 17.8 Å². The van der Waals surface area contributed by atoms with Crippen molar-refractivity contribution in [2.75, 3.05) is 0 Å². The molecule has 0 radical (unpaired) electrons. The molecule has 0 nitrogen and oxygen atoms in total. The van der Waals surface area contributed by atoms with Crippen molar-refractivity contribution >= 4 is 15.7 Å². The topological polar surface area (TPSA) is 0 Å². The second kappa shape index (κ2) is 3.37. The van der Waals surface area contributed by atoms with E-state index in [1.807, 2.05) is 0 Å². The smallest absolute Gasteiger partial charge is 0.0842 e. The fourth-order valence-electron chi connectivity index (χ4n) is 3.84. The summed E-state index contributed by atoms with van der Waals surface area (Å²) in [6.45, 7) is 2.44. The number of hydrogen-bond acceptors (Lipinski definition) is 0. The molecule has 2 heteroatoms. The Kier molecular flexibility index (Phi) is 2.50. The van der Waals surface area contributed by atoms with Crippen LogP contribution in [-0.2, 0) is 0 Å². The molecule has 3 atom stereocenters. The van der Waals surface area contributed by atoms with Crippen LogP contribution in [-0.4, -0.2) is 15.7 Å². The van der Waals surface area contributed by atoms with E-state index >= 15 is 0 Å². The third-order valence-corrected chi connectivity index (χ3v) is 4.44. The summed E-state index contributed by atoms with van der Waals surface area (Å²) in [7, 11) is 4.89. The summed E-state index contributed by atoms with van der Waals surface area (Å²) >= 11 is 0. The average Bonchev–Trinajstić information content (AvgIpc) is 2.48. The van der Waals surface area contributed by atoms with E-state index in [1.54, 1.807) is 0 Å². The minimum Gasteiger partial charge on any atom is -0.0842 e. The molecule has 0 spiro atoms. The van der Waals surface area contributed by atoms with Crippen molar-refractivity contribution in [2.45, 2.75) is 50.7 Å². The van der Waals surface area contributed by atoms with E-state index in [-0.39, 0.29) is 0 Å². The summed E-state index contributed by atoms with van der Waals surface area (Å²) < 4.78 is 0. The van der Waals surface area contributed by atoms with Gasteiger partial charge < -0.3 is 0 Å². The molecule has 0 N–H and O–H groups in total. The van der Waals surface area contributed by atoms with Crippen LogP contribution in [0, 0.1) is 17.8 Å². The van der Waals surface area contributed by atoms with Gasteiger partial charge in [-0.25, -0.2) is 0 Å². The molecular weight excluding hydrogens is 154 g/mol. The van der Waals surface area contributed by atoms with Crippen LogP contribution in [0.4, 0.5) is 0 Å². The van der Waals surface area contributed by atoms with Gasteiger partial charge in [-0.15, -0.1) is 0 Å². The van der Waals surface area contributed by atoms with Gasteiger partial charge in [0.2, 0.25) is 0 Å². The molecule has 0 aliphatic heterocycles. The molecule has 2 fully saturated rings. The van der Waals surface area contributed by atoms with E-state index in [9.17, 15) is 0 Å². The Labute approximate surface area is 84.7 Å². The molecule has 0 bridgehead atoms. The maximum absolute atomic E-state index is 2.44. The van der Waals surface area contributed by atoms with Crippen LogP contribution < -0.4 is 0 Å². The summed E-state index contributed by atoms with van der Waals surface area (Å²) in [6, 6.07) is 0. The van der Waals surface area contributed by atoms with Gasteiger partial charge >= 0.3 is 0 Å². The molecule has 3 unspecified atom stereocenters. The quantitative estimate of drug-likeness (QED) is 0.532. The van der Waals surface area contributed by atoms with Gasteiger partial charge in [0.15, 0.2) is 0 Å². The Morgan fingerprint density at radius 2 is 1.62 bits per heavy atom. The molecule has 0 heterocycles. The highest BCUT2D eigenvalue weighted by molar-refractivity contribution is 6.39. The Morgan fingerprint density at radius 1 is 1.00 bits per heavy atom. The second-order valence-electron chi connectivity index (χ2n) is 6.26. The van der Waals surface area contributed by atoms with Gasteiger partial charge in [0.05, 0.1) is 15.7 Å². The Hall–Kier alpha value is 0.130. The zero-order valence-electron chi connectivity index (χ0n) is 9.47. The lowest BCUT2D eigenvalue weighted by molar-refractivity contribution is 0.167. The van der Waals surface area contributed by atoms with E-state index in [0.29, 0.717) is 5.21 Å². The Bertz CT molecular complexity index is 183. The van der Waals surface area contributed by atoms with Crippen molar-refractivity contribution in [1.82, 2.24) is 0 Å². The predicted molar refractivity (Wildman–Crippen MR) is 63.6 cm³/mol. The molecule has 2 aliphatic carbocycles. The minimum absolute atomic E-state index is 0.563.